The Kier molecular flexibility index (Phi) is 8.13. The zero-order valence-corrected chi connectivity index (χ0v) is 20.3. The van der Waals surface area contributed by atoms with E-state index in [9.17, 15) is 18.8 Å². The maximum Gasteiger partial charge on any atom is 0.265 e. The van der Waals surface area contributed by atoms with Gasteiger partial charge in [0, 0.05) is 16.7 Å². The summed E-state index contributed by atoms with van der Waals surface area (Å²) in [5.41, 5.74) is 0.765. The van der Waals surface area contributed by atoms with Gasteiger partial charge >= 0.3 is 0 Å². The van der Waals surface area contributed by atoms with E-state index >= 15 is 0 Å². The van der Waals surface area contributed by atoms with Crippen molar-refractivity contribution in [2.75, 3.05) is 25.6 Å². The minimum atomic E-state index is -0.626. The van der Waals surface area contributed by atoms with E-state index < -0.39 is 23.5 Å². The van der Waals surface area contributed by atoms with E-state index in [0.717, 1.165) is 0 Å². The molecule has 0 atom stereocenters. The molecule has 1 saturated heterocycles. The minimum absolute atomic E-state index is 0.00589. The lowest BCUT2D eigenvalue weighted by atomic mass is 10.1. The van der Waals surface area contributed by atoms with E-state index in [2.05, 4.69) is 33.1 Å². The highest BCUT2D eigenvalue weighted by Crippen LogP contribution is 2.35. The van der Waals surface area contributed by atoms with Gasteiger partial charge in [-0.3, -0.25) is 24.6 Å². The fourth-order valence-corrected chi connectivity index (χ4v) is 3.64. The van der Waals surface area contributed by atoms with Crippen molar-refractivity contribution in [3.05, 3.63) is 70.5 Å². The summed E-state index contributed by atoms with van der Waals surface area (Å²) in [6.07, 6.45) is 2.89. The first-order valence-corrected chi connectivity index (χ1v) is 11.0. The number of ether oxygens (including phenoxy) is 2. The third-order valence-corrected chi connectivity index (χ3v) is 5.58. The van der Waals surface area contributed by atoms with Gasteiger partial charge in [0.25, 0.3) is 17.7 Å². The molecule has 3 rings (SSSR count). The molecule has 3 amide bonds. The number of anilines is 1. The van der Waals surface area contributed by atoms with Crippen molar-refractivity contribution in [3.63, 3.8) is 0 Å². The average molecular weight is 548 g/mol. The van der Waals surface area contributed by atoms with E-state index in [1.807, 2.05) is 0 Å². The Morgan fingerprint density at radius 1 is 1.26 bits per heavy atom. The number of thiocarbonyl (C=S) groups is 1. The van der Waals surface area contributed by atoms with Gasteiger partial charge in [-0.1, -0.05) is 22.0 Å². The van der Waals surface area contributed by atoms with E-state index in [0.29, 0.717) is 15.7 Å². The van der Waals surface area contributed by atoms with Crippen LogP contribution in [-0.2, 0) is 14.4 Å². The van der Waals surface area contributed by atoms with Crippen LogP contribution >= 0.6 is 28.1 Å². The van der Waals surface area contributed by atoms with Crippen molar-refractivity contribution in [2.45, 2.75) is 0 Å². The molecule has 0 aromatic heterocycles. The van der Waals surface area contributed by atoms with E-state index in [4.69, 9.17) is 21.7 Å². The molecule has 1 heterocycles. The highest BCUT2D eigenvalue weighted by Gasteiger charge is 2.32. The van der Waals surface area contributed by atoms with Crippen LogP contribution in [0, 0.1) is 5.82 Å². The van der Waals surface area contributed by atoms with Crippen LogP contribution in [0.3, 0.4) is 0 Å². The maximum absolute atomic E-state index is 13.0. The summed E-state index contributed by atoms with van der Waals surface area (Å²) in [6, 6.07) is 8.41. The van der Waals surface area contributed by atoms with E-state index in [-0.39, 0.29) is 35.3 Å². The Bertz CT molecular complexity index is 1200. The van der Waals surface area contributed by atoms with Gasteiger partial charge in [-0.25, -0.2) is 4.39 Å². The number of amides is 3. The van der Waals surface area contributed by atoms with Crippen molar-refractivity contribution >= 4 is 62.7 Å². The third-order valence-electron chi connectivity index (χ3n) is 4.57. The normalized spacial score (nSPS) is 14.6. The second kappa shape index (κ2) is 11.0. The number of hydrogen-bond donors (Lipinski definition) is 2. The van der Waals surface area contributed by atoms with Crippen LogP contribution in [-0.4, -0.2) is 48.0 Å². The lowest BCUT2D eigenvalue weighted by molar-refractivity contribution is -0.128. The van der Waals surface area contributed by atoms with E-state index in [1.54, 1.807) is 12.1 Å². The quantitative estimate of drug-likeness (QED) is 0.227. The second-order valence-corrected chi connectivity index (χ2v) is 8.13. The monoisotopic (exact) mass is 547 g/mol. The molecule has 2 aromatic rings. The standard InChI is InChI=1S/C23H19BrFN3O5S/c1-3-8-28-22(31)16(21(30)27-23(28)34)9-13-10-18(32-2)19(11-17(13)24)33-12-20(29)26-15-6-4-14(25)5-7-15/h3-7,9-11H,1,8,12H2,2H3,(H,26,29)(H,27,30,34)/b16-9+. The summed E-state index contributed by atoms with van der Waals surface area (Å²) < 4.78 is 24.4. The summed E-state index contributed by atoms with van der Waals surface area (Å²) in [6.45, 7) is 3.40. The summed E-state index contributed by atoms with van der Waals surface area (Å²) in [5, 5.41) is 5.07. The van der Waals surface area contributed by atoms with Gasteiger partial charge in [-0.15, -0.1) is 6.58 Å². The van der Waals surface area contributed by atoms with E-state index in [1.165, 1.54) is 48.4 Å². The molecule has 0 saturated carbocycles. The first-order valence-electron chi connectivity index (χ1n) is 9.79. The average Bonchev–Trinajstić information content (AvgIpc) is 2.80. The summed E-state index contributed by atoms with van der Waals surface area (Å²) in [7, 11) is 1.41. The Labute approximate surface area is 208 Å². The zero-order chi connectivity index (χ0) is 24.8. The first kappa shape index (κ1) is 25.1. The highest BCUT2D eigenvalue weighted by atomic mass is 79.9. The molecule has 8 nitrogen and oxygen atoms in total. The molecule has 34 heavy (non-hydrogen) atoms. The number of carbonyl (C=O) groups excluding carboxylic acids is 3. The molecule has 11 heteroatoms. The molecule has 2 aromatic carbocycles. The van der Waals surface area contributed by atoms with Crippen LogP contribution in [0.2, 0.25) is 0 Å². The van der Waals surface area contributed by atoms with Crippen molar-refractivity contribution in [1.82, 2.24) is 10.2 Å². The van der Waals surface area contributed by atoms with Crippen molar-refractivity contribution in [1.29, 1.82) is 0 Å². The number of halogens is 2. The Balaban J connectivity index is 1.78. The molecule has 1 fully saturated rings. The molecule has 2 N–H and O–H groups in total. The first-order chi connectivity index (χ1) is 16.2. The predicted molar refractivity (Wildman–Crippen MR) is 132 cm³/mol. The predicted octanol–water partition coefficient (Wildman–Crippen LogP) is 3.43. The van der Waals surface area contributed by atoms with Gasteiger partial charge in [0.05, 0.1) is 7.11 Å². The Hall–Kier alpha value is -3.57. The molecule has 1 aliphatic heterocycles. The fraction of sp³-hybridized carbons (Fsp3) is 0.130. The molecule has 176 valence electrons. The molecule has 0 bridgehead atoms. The Morgan fingerprint density at radius 2 is 1.97 bits per heavy atom. The molecule has 1 aliphatic rings. The van der Waals surface area contributed by atoms with Gasteiger partial charge in [-0.05, 0) is 60.3 Å². The van der Waals surface area contributed by atoms with Crippen LogP contribution in [0.15, 0.2) is 59.1 Å². The molecule has 0 aliphatic carbocycles. The number of nitrogens with one attached hydrogen (secondary N) is 2. The van der Waals surface area contributed by atoms with Gasteiger partial charge in [-0.2, -0.15) is 0 Å². The van der Waals surface area contributed by atoms with Crippen LogP contribution < -0.4 is 20.1 Å². The largest absolute Gasteiger partial charge is 0.493 e. The SMILES string of the molecule is C=CCN1C(=O)/C(=C/c2cc(OC)c(OCC(=O)Nc3ccc(F)cc3)cc2Br)C(=O)NC1=S. The van der Waals surface area contributed by atoms with Crippen LogP contribution in [0.1, 0.15) is 5.56 Å². The van der Waals surface area contributed by atoms with Crippen LogP contribution in [0.5, 0.6) is 11.5 Å². The van der Waals surface area contributed by atoms with Gasteiger partial charge in [0.15, 0.2) is 23.2 Å². The minimum Gasteiger partial charge on any atom is -0.493 e. The number of nitrogens with zero attached hydrogens (tertiary/aromatic N) is 1. The highest BCUT2D eigenvalue weighted by molar-refractivity contribution is 9.10. The maximum atomic E-state index is 13.0. The number of carbonyl (C=O) groups is 3. The van der Waals surface area contributed by atoms with Crippen LogP contribution in [0.4, 0.5) is 10.1 Å². The van der Waals surface area contributed by atoms with Crippen molar-refractivity contribution in [3.8, 4) is 11.5 Å². The smallest absolute Gasteiger partial charge is 0.265 e. The lowest BCUT2D eigenvalue weighted by Crippen LogP contribution is -2.53. The summed E-state index contributed by atoms with van der Waals surface area (Å²) in [4.78, 5) is 38.5. The molecular weight excluding hydrogens is 529 g/mol. The van der Waals surface area contributed by atoms with Crippen LogP contribution in [0.25, 0.3) is 6.08 Å². The Morgan fingerprint density at radius 3 is 2.62 bits per heavy atom. The topological polar surface area (TPSA) is 97.0 Å². The molecule has 0 spiro atoms. The third kappa shape index (κ3) is 5.86. The molecule has 0 unspecified atom stereocenters. The van der Waals surface area contributed by atoms with Gasteiger partial charge < -0.3 is 14.8 Å². The summed E-state index contributed by atoms with van der Waals surface area (Å²) in [5.74, 6) is -1.54. The number of rotatable bonds is 8. The number of benzene rings is 2. The number of hydrogen-bond acceptors (Lipinski definition) is 6. The number of methoxy groups -OCH3 is 1. The molecular formula is C23H19BrFN3O5S. The lowest BCUT2D eigenvalue weighted by Gasteiger charge is -2.27. The second-order valence-electron chi connectivity index (χ2n) is 6.89. The van der Waals surface area contributed by atoms with Gasteiger partial charge in [0.1, 0.15) is 11.4 Å². The van der Waals surface area contributed by atoms with Gasteiger partial charge in [0.2, 0.25) is 0 Å². The van der Waals surface area contributed by atoms with Crippen molar-refractivity contribution < 1.29 is 28.2 Å². The summed E-state index contributed by atoms with van der Waals surface area (Å²) >= 11 is 8.43. The fourth-order valence-electron chi connectivity index (χ4n) is 2.95. The molecule has 0 radical (unpaired) electrons. The zero-order valence-electron chi connectivity index (χ0n) is 17.9. The van der Waals surface area contributed by atoms with Crippen molar-refractivity contribution in [2.24, 2.45) is 0 Å².